The van der Waals surface area contributed by atoms with E-state index >= 15 is 0 Å². The number of piperazine rings is 1. The molecule has 1 saturated heterocycles. The lowest BCUT2D eigenvalue weighted by Gasteiger charge is -2.35. The van der Waals surface area contributed by atoms with Crippen LogP contribution in [0, 0.1) is 11.8 Å². The molecule has 3 atom stereocenters. The zero-order chi connectivity index (χ0) is 24.8. The van der Waals surface area contributed by atoms with E-state index in [9.17, 15) is 18.0 Å². The summed E-state index contributed by atoms with van der Waals surface area (Å²) in [4.78, 5) is 16.6. The Bertz CT molecular complexity index is 962. The summed E-state index contributed by atoms with van der Waals surface area (Å²) in [5.41, 5.74) is 0.658. The zero-order valence-corrected chi connectivity index (χ0v) is 20.0. The Morgan fingerprint density at radius 1 is 1.00 bits per heavy atom. The molecule has 2 aromatic rings. The van der Waals surface area contributed by atoms with Gasteiger partial charge in [-0.3, -0.25) is 9.69 Å². The van der Waals surface area contributed by atoms with Gasteiger partial charge in [0.15, 0.2) is 0 Å². The van der Waals surface area contributed by atoms with Gasteiger partial charge >= 0.3 is 12.1 Å². The minimum Gasteiger partial charge on any atom is -0.466 e. The maximum atomic E-state index is 13.3. The highest BCUT2D eigenvalue weighted by Gasteiger charge is 2.45. The number of nitrogens with zero attached hydrogens (tertiary/aromatic N) is 2. The molecule has 0 spiro atoms. The SMILES string of the molecule is CCOC(=O)C1CC1CN1CCN(CCOC(c2ccccc2)c2cccc(C(F)(F)F)c2)CC1. The van der Waals surface area contributed by atoms with Gasteiger partial charge in [0.05, 0.1) is 24.7 Å². The van der Waals surface area contributed by atoms with Crippen molar-refractivity contribution in [1.82, 2.24) is 9.80 Å². The number of alkyl halides is 3. The van der Waals surface area contributed by atoms with Crippen molar-refractivity contribution in [2.75, 3.05) is 52.5 Å². The molecule has 190 valence electrons. The van der Waals surface area contributed by atoms with E-state index in [4.69, 9.17) is 9.47 Å². The van der Waals surface area contributed by atoms with Crippen LogP contribution in [0.5, 0.6) is 0 Å². The molecule has 0 aromatic heterocycles. The normalized spacial score (nSPS) is 22.1. The molecule has 0 radical (unpaired) electrons. The Hall–Kier alpha value is -2.42. The zero-order valence-electron chi connectivity index (χ0n) is 20.0. The number of benzene rings is 2. The molecule has 8 heteroatoms. The van der Waals surface area contributed by atoms with Crippen LogP contribution in [0.1, 0.15) is 36.1 Å². The quantitative estimate of drug-likeness (QED) is 0.455. The molecule has 4 rings (SSSR count). The van der Waals surface area contributed by atoms with E-state index in [1.54, 1.807) is 6.07 Å². The van der Waals surface area contributed by atoms with Crippen molar-refractivity contribution >= 4 is 5.97 Å². The third-order valence-corrected chi connectivity index (χ3v) is 6.78. The average Bonchev–Trinajstić information content (AvgIpc) is 3.62. The lowest BCUT2D eigenvalue weighted by atomic mass is 9.99. The Kier molecular flexibility index (Phi) is 8.46. The molecule has 5 nitrogen and oxygen atoms in total. The number of esters is 1. The number of ether oxygens (including phenoxy) is 2. The van der Waals surface area contributed by atoms with Crippen LogP contribution in [0.4, 0.5) is 13.2 Å². The van der Waals surface area contributed by atoms with Gasteiger partial charge in [0.25, 0.3) is 0 Å². The Labute approximate surface area is 204 Å². The fourth-order valence-corrected chi connectivity index (χ4v) is 4.70. The van der Waals surface area contributed by atoms with Crippen molar-refractivity contribution in [2.24, 2.45) is 11.8 Å². The number of halogens is 3. The first-order valence-corrected chi connectivity index (χ1v) is 12.3. The van der Waals surface area contributed by atoms with Gasteiger partial charge in [0.2, 0.25) is 0 Å². The topological polar surface area (TPSA) is 42.0 Å². The van der Waals surface area contributed by atoms with Gasteiger partial charge in [-0.1, -0.05) is 42.5 Å². The summed E-state index contributed by atoms with van der Waals surface area (Å²) in [5, 5.41) is 0. The Balaban J connectivity index is 1.27. The summed E-state index contributed by atoms with van der Waals surface area (Å²) in [6, 6.07) is 14.8. The van der Waals surface area contributed by atoms with Gasteiger partial charge < -0.3 is 14.4 Å². The van der Waals surface area contributed by atoms with Gasteiger partial charge in [-0.15, -0.1) is 0 Å². The highest BCUT2D eigenvalue weighted by Crippen LogP contribution is 2.40. The lowest BCUT2D eigenvalue weighted by Crippen LogP contribution is -2.47. The smallest absolute Gasteiger partial charge is 0.416 e. The monoisotopic (exact) mass is 490 g/mol. The summed E-state index contributed by atoms with van der Waals surface area (Å²) in [6.07, 6.45) is -4.04. The van der Waals surface area contributed by atoms with Crippen LogP contribution in [0.15, 0.2) is 54.6 Å². The summed E-state index contributed by atoms with van der Waals surface area (Å²) in [6.45, 7) is 8.00. The average molecular weight is 491 g/mol. The van der Waals surface area contributed by atoms with E-state index in [1.165, 1.54) is 12.1 Å². The second-order valence-electron chi connectivity index (χ2n) is 9.28. The molecule has 1 aliphatic carbocycles. The molecule has 0 amide bonds. The van der Waals surface area contributed by atoms with Crippen LogP contribution in [-0.4, -0.2) is 68.3 Å². The van der Waals surface area contributed by atoms with Gasteiger partial charge in [-0.2, -0.15) is 13.2 Å². The maximum absolute atomic E-state index is 13.3. The van der Waals surface area contributed by atoms with Gasteiger partial charge in [0.1, 0.15) is 6.10 Å². The molecule has 35 heavy (non-hydrogen) atoms. The summed E-state index contributed by atoms with van der Waals surface area (Å²) in [5.74, 6) is 0.400. The molecule has 0 N–H and O–H groups in total. The molecule has 3 unspecified atom stereocenters. The van der Waals surface area contributed by atoms with E-state index in [0.717, 1.165) is 50.8 Å². The highest BCUT2D eigenvalue weighted by atomic mass is 19.4. The first-order chi connectivity index (χ1) is 16.8. The molecule has 2 aromatic carbocycles. The molecule has 1 aliphatic heterocycles. The standard InChI is InChI=1S/C27H33F3N2O3/c1-2-34-26(33)24-18-22(24)19-32-13-11-31(12-14-32)15-16-35-25(20-7-4-3-5-8-20)21-9-6-10-23(17-21)27(28,29)30/h3-10,17,22,24-25H,2,11-16,18-19H2,1H3. The Morgan fingerprint density at radius 2 is 1.69 bits per heavy atom. The van der Waals surface area contributed by atoms with Crippen LogP contribution in [0.25, 0.3) is 0 Å². The van der Waals surface area contributed by atoms with Crippen molar-refractivity contribution in [1.29, 1.82) is 0 Å². The second kappa shape index (κ2) is 11.5. The molecule has 2 aliphatic rings. The molecule has 0 bridgehead atoms. The maximum Gasteiger partial charge on any atom is 0.416 e. The van der Waals surface area contributed by atoms with Crippen molar-refractivity contribution in [3.05, 3.63) is 71.3 Å². The number of rotatable bonds is 10. The number of hydrogen-bond donors (Lipinski definition) is 0. The predicted octanol–water partition coefficient (Wildman–Crippen LogP) is 4.63. The van der Waals surface area contributed by atoms with Gasteiger partial charge in [0, 0.05) is 39.3 Å². The van der Waals surface area contributed by atoms with Crippen LogP contribution in [0.2, 0.25) is 0 Å². The van der Waals surface area contributed by atoms with Crippen LogP contribution < -0.4 is 0 Å². The molecule has 1 saturated carbocycles. The minimum absolute atomic E-state index is 0.0622. The number of carbonyl (C=O) groups is 1. The van der Waals surface area contributed by atoms with Crippen molar-refractivity contribution in [3.8, 4) is 0 Å². The molecule has 1 heterocycles. The largest absolute Gasteiger partial charge is 0.466 e. The lowest BCUT2D eigenvalue weighted by molar-refractivity contribution is -0.145. The summed E-state index contributed by atoms with van der Waals surface area (Å²) < 4.78 is 51.1. The summed E-state index contributed by atoms with van der Waals surface area (Å²) in [7, 11) is 0. The molecular formula is C27H33F3N2O3. The fourth-order valence-electron chi connectivity index (χ4n) is 4.70. The highest BCUT2D eigenvalue weighted by molar-refractivity contribution is 5.75. The van der Waals surface area contributed by atoms with Crippen molar-refractivity contribution in [2.45, 2.75) is 25.6 Å². The van der Waals surface area contributed by atoms with E-state index in [2.05, 4.69) is 9.80 Å². The van der Waals surface area contributed by atoms with Crippen LogP contribution in [0.3, 0.4) is 0 Å². The Morgan fingerprint density at radius 3 is 2.37 bits per heavy atom. The van der Waals surface area contributed by atoms with Gasteiger partial charge in [-0.05, 0) is 42.5 Å². The molecule has 2 fully saturated rings. The molecular weight excluding hydrogens is 457 g/mol. The van der Waals surface area contributed by atoms with Crippen LogP contribution in [-0.2, 0) is 20.4 Å². The fraction of sp³-hybridized carbons (Fsp3) is 0.519. The predicted molar refractivity (Wildman–Crippen MR) is 127 cm³/mol. The van der Waals surface area contributed by atoms with E-state index in [0.29, 0.717) is 31.2 Å². The van der Waals surface area contributed by atoms with E-state index in [-0.39, 0.29) is 11.9 Å². The van der Waals surface area contributed by atoms with Gasteiger partial charge in [-0.25, -0.2) is 0 Å². The van der Waals surface area contributed by atoms with Crippen molar-refractivity contribution < 1.29 is 27.4 Å². The second-order valence-corrected chi connectivity index (χ2v) is 9.28. The third-order valence-electron chi connectivity index (χ3n) is 6.78. The third kappa shape index (κ3) is 7.06. The first-order valence-electron chi connectivity index (χ1n) is 12.3. The minimum atomic E-state index is -4.40. The van der Waals surface area contributed by atoms with E-state index < -0.39 is 17.8 Å². The van der Waals surface area contributed by atoms with E-state index in [1.807, 2.05) is 37.3 Å². The number of hydrogen-bond acceptors (Lipinski definition) is 5. The van der Waals surface area contributed by atoms with Crippen molar-refractivity contribution in [3.63, 3.8) is 0 Å². The van der Waals surface area contributed by atoms with Crippen LogP contribution >= 0.6 is 0 Å². The number of carbonyl (C=O) groups excluding carboxylic acids is 1. The summed E-state index contributed by atoms with van der Waals surface area (Å²) >= 11 is 0. The first kappa shape index (κ1) is 25.7.